The van der Waals surface area contributed by atoms with Crippen LogP contribution in [-0.4, -0.2) is 50.8 Å². The molecule has 220 valence electrons. The summed E-state index contributed by atoms with van der Waals surface area (Å²) in [4.78, 5) is 29.0. The molecule has 1 N–H and O–H groups in total. The van der Waals surface area contributed by atoms with Gasteiger partial charge in [-0.05, 0) is 68.0 Å². The summed E-state index contributed by atoms with van der Waals surface area (Å²) in [7, 11) is -4.15. The second-order valence-corrected chi connectivity index (χ2v) is 12.9. The molecule has 0 aromatic heterocycles. The van der Waals surface area contributed by atoms with Gasteiger partial charge in [0.05, 0.1) is 10.6 Å². The highest BCUT2D eigenvalue weighted by molar-refractivity contribution is 7.92. The van der Waals surface area contributed by atoms with Crippen molar-refractivity contribution in [2.75, 3.05) is 23.9 Å². The first-order valence-electron chi connectivity index (χ1n) is 13.9. The van der Waals surface area contributed by atoms with Gasteiger partial charge in [-0.3, -0.25) is 13.9 Å². The molecule has 0 aliphatic heterocycles. The standard InChI is InChI=1S/C32H40ClN3O4S/c1-6-29(32(38)34-21-23(2)3)35(19-18-26-10-8-7-9-11-26)31(37)22-36(30-20-27(33)15-14-25(30)5)41(39,40)28-16-12-24(4)13-17-28/h7-17,20,23,29H,6,18-19,21-22H2,1-5H3,(H,34,38)/t29-/m1/s1. The minimum absolute atomic E-state index is 0.0628. The fraction of sp³-hybridized carbons (Fsp3) is 0.375. The fourth-order valence-corrected chi connectivity index (χ4v) is 6.16. The van der Waals surface area contributed by atoms with Crippen molar-refractivity contribution in [1.82, 2.24) is 10.2 Å². The van der Waals surface area contributed by atoms with Crippen LogP contribution in [0.15, 0.2) is 77.7 Å². The molecule has 0 bridgehead atoms. The lowest BCUT2D eigenvalue weighted by Gasteiger charge is -2.33. The molecular weight excluding hydrogens is 558 g/mol. The summed E-state index contributed by atoms with van der Waals surface area (Å²) >= 11 is 6.30. The molecule has 1 atom stereocenters. The molecule has 3 aromatic rings. The number of halogens is 1. The van der Waals surface area contributed by atoms with Gasteiger partial charge in [-0.25, -0.2) is 8.42 Å². The van der Waals surface area contributed by atoms with Crippen LogP contribution in [0.2, 0.25) is 5.02 Å². The number of carbonyl (C=O) groups is 2. The topological polar surface area (TPSA) is 86.8 Å². The third-order valence-electron chi connectivity index (χ3n) is 6.88. The molecule has 0 fully saturated rings. The van der Waals surface area contributed by atoms with Crippen LogP contribution in [0.25, 0.3) is 0 Å². The Morgan fingerprint density at radius 2 is 1.61 bits per heavy atom. The molecule has 2 amide bonds. The van der Waals surface area contributed by atoms with E-state index >= 15 is 0 Å². The van der Waals surface area contributed by atoms with Gasteiger partial charge >= 0.3 is 0 Å². The molecular formula is C32H40ClN3O4S. The van der Waals surface area contributed by atoms with Gasteiger partial charge in [0.2, 0.25) is 11.8 Å². The Labute approximate surface area is 249 Å². The summed E-state index contributed by atoms with van der Waals surface area (Å²) in [5.41, 5.74) is 2.88. The number of aryl methyl sites for hydroxylation is 2. The summed E-state index contributed by atoms with van der Waals surface area (Å²) < 4.78 is 29.2. The predicted octanol–water partition coefficient (Wildman–Crippen LogP) is 5.77. The van der Waals surface area contributed by atoms with Crippen molar-refractivity contribution in [2.45, 2.75) is 58.4 Å². The molecule has 3 aromatic carbocycles. The summed E-state index contributed by atoms with van der Waals surface area (Å²) in [6.07, 6.45) is 0.896. The Morgan fingerprint density at radius 1 is 0.951 bits per heavy atom. The SMILES string of the molecule is CC[C@H](C(=O)NCC(C)C)N(CCc1ccccc1)C(=O)CN(c1cc(Cl)ccc1C)S(=O)(=O)c1ccc(C)cc1. The normalized spacial score (nSPS) is 12.2. The molecule has 9 heteroatoms. The number of rotatable bonds is 13. The van der Waals surface area contributed by atoms with Gasteiger partial charge in [0.25, 0.3) is 10.0 Å². The van der Waals surface area contributed by atoms with Crippen molar-refractivity contribution in [2.24, 2.45) is 5.92 Å². The van der Waals surface area contributed by atoms with Crippen LogP contribution in [0.3, 0.4) is 0 Å². The van der Waals surface area contributed by atoms with Crippen LogP contribution in [0.4, 0.5) is 5.69 Å². The number of sulfonamides is 1. The summed E-state index contributed by atoms with van der Waals surface area (Å²) in [6.45, 7) is 9.74. The van der Waals surface area contributed by atoms with Crippen LogP contribution in [-0.2, 0) is 26.0 Å². The Morgan fingerprint density at radius 3 is 2.22 bits per heavy atom. The van der Waals surface area contributed by atoms with Crippen molar-refractivity contribution in [3.63, 3.8) is 0 Å². The van der Waals surface area contributed by atoms with E-state index in [1.165, 1.54) is 17.0 Å². The molecule has 0 aliphatic rings. The zero-order valence-corrected chi connectivity index (χ0v) is 26.0. The second-order valence-electron chi connectivity index (χ2n) is 10.6. The molecule has 0 saturated heterocycles. The number of anilines is 1. The number of nitrogens with zero attached hydrogens (tertiary/aromatic N) is 2. The number of carbonyl (C=O) groups excluding carboxylic acids is 2. The molecule has 41 heavy (non-hydrogen) atoms. The van der Waals surface area contributed by atoms with Crippen molar-refractivity contribution in [1.29, 1.82) is 0 Å². The average molecular weight is 598 g/mol. The van der Waals surface area contributed by atoms with E-state index in [0.717, 1.165) is 15.4 Å². The number of hydrogen-bond donors (Lipinski definition) is 1. The van der Waals surface area contributed by atoms with Crippen molar-refractivity contribution < 1.29 is 18.0 Å². The van der Waals surface area contributed by atoms with Crippen LogP contribution in [0.5, 0.6) is 0 Å². The Hall–Kier alpha value is -3.36. The van der Waals surface area contributed by atoms with Crippen LogP contribution in [0, 0.1) is 19.8 Å². The summed E-state index contributed by atoms with van der Waals surface area (Å²) in [5, 5.41) is 3.30. The second kappa shape index (κ2) is 14.5. The lowest BCUT2D eigenvalue weighted by molar-refractivity contribution is -0.139. The Kier molecular flexibility index (Phi) is 11.4. The van der Waals surface area contributed by atoms with Crippen molar-refractivity contribution in [3.05, 3.63) is 94.5 Å². The highest BCUT2D eigenvalue weighted by Gasteiger charge is 2.34. The van der Waals surface area contributed by atoms with Gasteiger partial charge < -0.3 is 10.2 Å². The van der Waals surface area contributed by atoms with E-state index in [2.05, 4.69) is 5.32 Å². The van der Waals surface area contributed by atoms with Gasteiger partial charge in [-0.1, -0.05) is 86.5 Å². The van der Waals surface area contributed by atoms with Crippen molar-refractivity contribution >= 4 is 39.1 Å². The van der Waals surface area contributed by atoms with Gasteiger partial charge in [0.15, 0.2) is 0 Å². The largest absolute Gasteiger partial charge is 0.354 e. The van der Waals surface area contributed by atoms with E-state index in [9.17, 15) is 18.0 Å². The number of amides is 2. The third-order valence-corrected chi connectivity index (χ3v) is 8.89. The minimum Gasteiger partial charge on any atom is -0.354 e. The Bertz CT molecular complexity index is 1430. The van der Waals surface area contributed by atoms with E-state index in [1.54, 1.807) is 37.3 Å². The van der Waals surface area contributed by atoms with Gasteiger partial charge in [-0.15, -0.1) is 0 Å². The highest BCUT2D eigenvalue weighted by atomic mass is 35.5. The summed E-state index contributed by atoms with van der Waals surface area (Å²) in [6, 6.07) is 20.4. The van der Waals surface area contributed by atoms with E-state index < -0.39 is 28.5 Å². The maximum atomic E-state index is 14.1. The number of hydrogen-bond acceptors (Lipinski definition) is 4. The van der Waals surface area contributed by atoms with E-state index in [1.807, 2.05) is 58.0 Å². The number of benzene rings is 3. The van der Waals surface area contributed by atoms with Crippen LogP contribution < -0.4 is 9.62 Å². The van der Waals surface area contributed by atoms with Gasteiger partial charge in [-0.2, -0.15) is 0 Å². The van der Waals surface area contributed by atoms with E-state index in [-0.39, 0.29) is 23.3 Å². The summed E-state index contributed by atoms with van der Waals surface area (Å²) in [5.74, 6) is -0.483. The quantitative estimate of drug-likeness (QED) is 0.271. The van der Waals surface area contributed by atoms with Crippen molar-refractivity contribution in [3.8, 4) is 0 Å². The third kappa shape index (κ3) is 8.57. The molecule has 0 spiro atoms. The molecule has 0 aliphatic carbocycles. The molecule has 7 nitrogen and oxygen atoms in total. The monoisotopic (exact) mass is 597 g/mol. The predicted molar refractivity (Wildman–Crippen MR) is 166 cm³/mol. The highest BCUT2D eigenvalue weighted by Crippen LogP contribution is 2.30. The molecule has 0 unspecified atom stereocenters. The molecule has 0 heterocycles. The molecule has 0 radical (unpaired) electrons. The van der Waals surface area contributed by atoms with Gasteiger partial charge in [0, 0.05) is 18.1 Å². The van der Waals surface area contributed by atoms with E-state index in [4.69, 9.17) is 11.6 Å². The zero-order chi connectivity index (χ0) is 30.2. The van der Waals surface area contributed by atoms with Crippen LogP contribution >= 0.6 is 11.6 Å². The maximum absolute atomic E-state index is 14.1. The first-order chi connectivity index (χ1) is 19.4. The van der Waals surface area contributed by atoms with Gasteiger partial charge in [0.1, 0.15) is 12.6 Å². The molecule has 3 rings (SSSR count). The first kappa shape index (κ1) is 32.2. The first-order valence-corrected chi connectivity index (χ1v) is 15.7. The zero-order valence-electron chi connectivity index (χ0n) is 24.4. The fourth-order valence-electron chi connectivity index (χ4n) is 4.52. The minimum atomic E-state index is -4.15. The lowest BCUT2D eigenvalue weighted by atomic mass is 10.1. The van der Waals surface area contributed by atoms with Crippen LogP contribution in [0.1, 0.15) is 43.9 Å². The van der Waals surface area contributed by atoms with E-state index in [0.29, 0.717) is 35.7 Å². The average Bonchev–Trinajstić information content (AvgIpc) is 2.94. The lowest BCUT2D eigenvalue weighted by Crippen LogP contribution is -2.53. The number of nitrogens with one attached hydrogen (secondary N) is 1. The smallest absolute Gasteiger partial charge is 0.264 e. The Balaban J connectivity index is 2.04. The molecule has 0 saturated carbocycles. The maximum Gasteiger partial charge on any atom is 0.264 e.